The third-order valence-corrected chi connectivity index (χ3v) is 3.48. The second-order valence-electron chi connectivity index (χ2n) is 4.73. The summed E-state index contributed by atoms with van der Waals surface area (Å²) < 4.78 is 5.40. The summed E-state index contributed by atoms with van der Waals surface area (Å²) in [5.74, 6) is 5.95. The lowest BCUT2D eigenvalue weighted by Gasteiger charge is -2.35. The van der Waals surface area contributed by atoms with Crippen LogP contribution in [-0.4, -0.2) is 47.1 Å². The van der Waals surface area contributed by atoms with Gasteiger partial charge in [-0.15, -0.1) is 0 Å². The first-order chi connectivity index (χ1) is 9.15. The van der Waals surface area contributed by atoms with Gasteiger partial charge in [-0.05, 0) is 12.3 Å². The average Bonchev–Trinajstić information content (AvgIpc) is 2.47. The molecule has 0 bridgehead atoms. The molecule has 0 aromatic carbocycles. The standard InChI is InChI=1S/C12H19N5O2/c1-8-3-4-17(7-10(8)19-2)12(18)9-5-14-6-11(15-9)16-13/h5-6,8,10H,3-4,7,13H2,1-2H3,(H,15,16). The fourth-order valence-corrected chi connectivity index (χ4v) is 2.23. The molecule has 104 valence electrons. The SMILES string of the molecule is COC1CN(C(=O)c2cncc(NN)n2)CCC1C. The molecule has 1 fully saturated rings. The van der Waals surface area contributed by atoms with Gasteiger partial charge in [0.05, 0.1) is 18.5 Å². The van der Waals surface area contributed by atoms with E-state index in [0.29, 0.717) is 30.5 Å². The Morgan fingerprint density at radius 3 is 3.05 bits per heavy atom. The third kappa shape index (κ3) is 2.99. The van der Waals surface area contributed by atoms with Gasteiger partial charge < -0.3 is 15.1 Å². The minimum atomic E-state index is -0.140. The maximum Gasteiger partial charge on any atom is 0.274 e. The molecule has 2 atom stereocenters. The molecule has 1 aliphatic heterocycles. The van der Waals surface area contributed by atoms with Crippen molar-refractivity contribution in [3.05, 3.63) is 18.1 Å². The maximum absolute atomic E-state index is 12.3. The number of rotatable bonds is 3. The molecule has 0 radical (unpaired) electrons. The number of nitrogens with one attached hydrogen (secondary N) is 1. The number of ether oxygens (including phenoxy) is 1. The number of hydrazine groups is 1. The molecule has 1 saturated heterocycles. The van der Waals surface area contributed by atoms with Crippen LogP contribution in [0.15, 0.2) is 12.4 Å². The molecule has 7 heteroatoms. The van der Waals surface area contributed by atoms with Crippen molar-refractivity contribution in [3.8, 4) is 0 Å². The van der Waals surface area contributed by atoms with Crippen LogP contribution in [0.3, 0.4) is 0 Å². The first-order valence-electron chi connectivity index (χ1n) is 6.26. The van der Waals surface area contributed by atoms with E-state index < -0.39 is 0 Å². The summed E-state index contributed by atoms with van der Waals surface area (Å²) in [5.41, 5.74) is 2.67. The zero-order chi connectivity index (χ0) is 13.8. The molecule has 0 spiro atoms. The van der Waals surface area contributed by atoms with E-state index in [-0.39, 0.29) is 12.0 Å². The van der Waals surface area contributed by atoms with E-state index in [9.17, 15) is 4.79 Å². The van der Waals surface area contributed by atoms with Crippen molar-refractivity contribution in [1.82, 2.24) is 14.9 Å². The zero-order valence-corrected chi connectivity index (χ0v) is 11.2. The van der Waals surface area contributed by atoms with E-state index in [2.05, 4.69) is 22.3 Å². The third-order valence-electron chi connectivity index (χ3n) is 3.48. The lowest BCUT2D eigenvalue weighted by molar-refractivity contribution is -0.00178. The monoisotopic (exact) mass is 265 g/mol. The van der Waals surface area contributed by atoms with E-state index in [1.165, 1.54) is 12.4 Å². The Balaban J connectivity index is 2.10. The predicted octanol–water partition coefficient (Wildman–Crippen LogP) is 0.259. The number of amides is 1. The molecule has 2 heterocycles. The summed E-state index contributed by atoms with van der Waals surface area (Å²) >= 11 is 0. The van der Waals surface area contributed by atoms with Gasteiger partial charge in [-0.3, -0.25) is 9.78 Å². The number of carbonyl (C=O) groups excluding carboxylic acids is 1. The summed E-state index contributed by atoms with van der Waals surface area (Å²) in [6.07, 6.45) is 3.91. The molecule has 1 amide bonds. The number of aromatic nitrogens is 2. The number of hydrogen-bond donors (Lipinski definition) is 2. The van der Waals surface area contributed by atoms with Gasteiger partial charge >= 0.3 is 0 Å². The maximum atomic E-state index is 12.3. The Morgan fingerprint density at radius 1 is 1.58 bits per heavy atom. The molecule has 0 aliphatic carbocycles. The van der Waals surface area contributed by atoms with E-state index in [1.807, 2.05) is 0 Å². The van der Waals surface area contributed by atoms with Crippen LogP contribution in [0, 0.1) is 5.92 Å². The lowest BCUT2D eigenvalue weighted by Crippen LogP contribution is -2.46. The molecule has 1 aliphatic rings. The lowest BCUT2D eigenvalue weighted by atomic mass is 9.95. The highest BCUT2D eigenvalue weighted by Gasteiger charge is 2.29. The van der Waals surface area contributed by atoms with Crippen molar-refractivity contribution in [1.29, 1.82) is 0 Å². The van der Waals surface area contributed by atoms with Crippen LogP contribution in [-0.2, 0) is 4.74 Å². The number of carbonyl (C=O) groups is 1. The number of nitrogen functional groups attached to an aromatic ring is 1. The van der Waals surface area contributed by atoms with Crippen LogP contribution in [0.1, 0.15) is 23.8 Å². The van der Waals surface area contributed by atoms with E-state index in [1.54, 1.807) is 12.0 Å². The highest BCUT2D eigenvalue weighted by atomic mass is 16.5. The van der Waals surface area contributed by atoms with E-state index in [0.717, 1.165) is 6.42 Å². The Kier molecular flexibility index (Phi) is 4.28. The van der Waals surface area contributed by atoms with Crippen LogP contribution in [0.4, 0.5) is 5.82 Å². The first kappa shape index (κ1) is 13.7. The number of likely N-dealkylation sites (tertiary alicyclic amines) is 1. The normalized spacial score (nSPS) is 23.2. The molecule has 19 heavy (non-hydrogen) atoms. The summed E-state index contributed by atoms with van der Waals surface area (Å²) in [5, 5.41) is 0. The molecular weight excluding hydrogens is 246 g/mol. The largest absolute Gasteiger partial charge is 0.379 e. The first-order valence-corrected chi connectivity index (χ1v) is 6.26. The minimum absolute atomic E-state index is 0.0708. The Hall–Kier alpha value is -1.73. The van der Waals surface area contributed by atoms with Gasteiger partial charge in [-0.1, -0.05) is 6.92 Å². The minimum Gasteiger partial charge on any atom is -0.379 e. The molecule has 0 saturated carbocycles. The molecule has 7 nitrogen and oxygen atoms in total. The summed E-state index contributed by atoms with van der Waals surface area (Å²) in [4.78, 5) is 22.1. The van der Waals surface area contributed by atoms with E-state index >= 15 is 0 Å². The Bertz CT molecular complexity index is 454. The topological polar surface area (TPSA) is 93.4 Å². The van der Waals surface area contributed by atoms with Gasteiger partial charge in [0.15, 0.2) is 5.82 Å². The Morgan fingerprint density at radius 2 is 2.37 bits per heavy atom. The van der Waals surface area contributed by atoms with Crippen molar-refractivity contribution >= 4 is 11.7 Å². The van der Waals surface area contributed by atoms with Gasteiger partial charge in [-0.25, -0.2) is 10.8 Å². The van der Waals surface area contributed by atoms with Gasteiger partial charge in [0.25, 0.3) is 5.91 Å². The van der Waals surface area contributed by atoms with Crippen molar-refractivity contribution in [2.45, 2.75) is 19.4 Å². The van der Waals surface area contributed by atoms with Gasteiger partial charge in [0.1, 0.15) is 5.69 Å². The predicted molar refractivity (Wildman–Crippen MR) is 70.3 cm³/mol. The van der Waals surface area contributed by atoms with Crippen molar-refractivity contribution in [3.63, 3.8) is 0 Å². The van der Waals surface area contributed by atoms with Crippen LogP contribution < -0.4 is 11.3 Å². The molecular formula is C12H19N5O2. The van der Waals surface area contributed by atoms with E-state index in [4.69, 9.17) is 10.6 Å². The molecule has 1 aromatic heterocycles. The number of nitrogens with zero attached hydrogens (tertiary/aromatic N) is 3. The summed E-state index contributed by atoms with van der Waals surface area (Å²) in [7, 11) is 1.67. The number of nitrogens with two attached hydrogens (primary N) is 1. The van der Waals surface area contributed by atoms with Crippen molar-refractivity contribution < 1.29 is 9.53 Å². The number of piperidine rings is 1. The number of anilines is 1. The van der Waals surface area contributed by atoms with Crippen LogP contribution in [0.2, 0.25) is 0 Å². The Labute approximate surface area is 112 Å². The summed E-state index contributed by atoms with van der Waals surface area (Å²) in [6.45, 7) is 3.43. The number of methoxy groups -OCH3 is 1. The van der Waals surface area contributed by atoms with Crippen molar-refractivity contribution in [2.24, 2.45) is 11.8 Å². The van der Waals surface area contributed by atoms with Crippen molar-refractivity contribution in [2.75, 3.05) is 25.6 Å². The molecule has 2 rings (SSSR count). The van der Waals surface area contributed by atoms with Gasteiger partial charge in [0.2, 0.25) is 0 Å². The van der Waals surface area contributed by atoms with Gasteiger partial charge in [0, 0.05) is 20.2 Å². The average molecular weight is 265 g/mol. The van der Waals surface area contributed by atoms with Crippen LogP contribution in [0.25, 0.3) is 0 Å². The quantitative estimate of drug-likeness (QED) is 0.601. The fraction of sp³-hybridized carbons (Fsp3) is 0.583. The molecule has 3 N–H and O–H groups in total. The second kappa shape index (κ2) is 5.94. The highest BCUT2D eigenvalue weighted by molar-refractivity contribution is 5.92. The van der Waals surface area contributed by atoms with Gasteiger partial charge in [-0.2, -0.15) is 0 Å². The van der Waals surface area contributed by atoms with Crippen LogP contribution >= 0.6 is 0 Å². The molecule has 1 aromatic rings. The van der Waals surface area contributed by atoms with Crippen LogP contribution in [0.5, 0.6) is 0 Å². The second-order valence-corrected chi connectivity index (χ2v) is 4.73. The summed E-state index contributed by atoms with van der Waals surface area (Å²) in [6, 6.07) is 0. The zero-order valence-electron chi connectivity index (χ0n) is 11.2. The highest BCUT2D eigenvalue weighted by Crippen LogP contribution is 2.20. The fourth-order valence-electron chi connectivity index (χ4n) is 2.23. The number of hydrogen-bond acceptors (Lipinski definition) is 6. The molecule has 2 unspecified atom stereocenters. The smallest absolute Gasteiger partial charge is 0.274 e.